The lowest BCUT2D eigenvalue weighted by molar-refractivity contribution is -0.118. The first-order valence-corrected chi connectivity index (χ1v) is 8.39. The van der Waals surface area contributed by atoms with Crippen molar-refractivity contribution in [3.8, 4) is 5.75 Å². The Morgan fingerprint density at radius 1 is 1.12 bits per heavy atom. The third-order valence-corrected chi connectivity index (χ3v) is 4.18. The molecule has 134 valence electrons. The molecule has 0 aromatic heterocycles. The van der Waals surface area contributed by atoms with Gasteiger partial charge in [0.1, 0.15) is 5.75 Å². The highest BCUT2D eigenvalue weighted by molar-refractivity contribution is 6.02. The lowest BCUT2D eigenvalue weighted by Crippen LogP contribution is -2.25. The van der Waals surface area contributed by atoms with Gasteiger partial charge < -0.3 is 15.4 Å². The number of carbonyl (C=O) groups is 3. The van der Waals surface area contributed by atoms with Gasteiger partial charge >= 0.3 is 0 Å². The van der Waals surface area contributed by atoms with E-state index < -0.39 is 0 Å². The van der Waals surface area contributed by atoms with Crippen LogP contribution < -0.4 is 15.4 Å². The summed E-state index contributed by atoms with van der Waals surface area (Å²) in [5.74, 6) is -0.0887. The van der Waals surface area contributed by atoms with Gasteiger partial charge in [-0.3, -0.25) is 14.4 Å². The molecular weight excluding hydrogens is 332 g/mol. The summed E-state index contributed by atoms with van der Waals surface area (Å²) >= 11 is 0. The normalized spacial score (nSPS) is 12.6. The molecule has 6 nitrogen and oxygen atoms in total. The number of rotatable bonds is 5. The summed E-state index contributed by atoms with van der Waals surface area (Å²) in [6, 6.07) is 10.7. The number of ether oxygens (including phenoxy) is 1. The van der Waals surface area contributed by atoms with Crippen molar-refractivity contribution >= 4 is 29.0 Å². The van der Waals surface area contributed by atoms with E-state index in [0.29, 0.717) is 17.0 Å². The highest BCUT2D eigenvalue weighted by Gasteiger charge is 2.18. The molecule has 0 atom stereocenters. The molecule has 0 radical (unpaired) electrons. The molecule has 2 aromatic carbocycles. The molecule has 6 heteroatoms. The van der Waals surface area contributed by atoms with E-state index in [9.17, 15) is 14.4 Å². The third-order valence-electron chi connectivity index (χ3n) is 4.18. The molecule has 1 heterocycles. The molecule has 2 amide bonds. The van der Waals surface area contributed by atoms with Crippen LogP contribution in [0.5, 0.6) is 5.75 Å². The van der Waals surface area contributed by atoms with Crippen molar-refractivity contribution in [2.45, 2.75) is 26.7 Å². The standard InChI is InChI=1S/C20H20N2O4/c1-12-3-4-13(2)15(9-12)21-19(24)8-6-17(23)14-5-7-18-16(10-14)22-20(25)11-26-18/h3-5,7,9-10H,6,8,11H2,1-2H3,(H,21,24)(H,22,25). The Morgan fingerprint density at radius 3 is 2.73 bits per heavy atom. The van der Waals surface area contributed by atoms with Gasteiger partial charge in [0.05, 0.1) is 5.69 Å². The lowest BCUT2D eigenvalue weighted by atomic mass is 10.0. The van der Waals surface area contributed by atoms with Crippen LogP contribution in [0, 0.1) is 13.8 Å². The number of carbonyl (C=O) groups excluding carboxylic acids is 3. The number of hydrogen-bond donors (Lipinski definition) is 2. The molecule has 3 rings (SSSR count). The molecule has 0 saturated heterocycles. The molecule has 1 aliphatic heterocycles. The van der Waals surface area contributed by atoms with Crippen LogP contribution in [0.25, 0.3) is 0 Å². The van der Waals surface area contributed by atoms with Gasteiger partial charge in [0, 0.05) is 24.1 Å². The quantitative estimate of drug-likeness (QED) is 0.809. The van der Waals surface area contributed by atoms with Crippen molar-refractivity contribution < 1.29 is 19.1 Å². The third kappa shape index (κ3) is 4.08. The Kier molecular flexibility index (Phi) is 5.02. The number of anilines is 2. The number of nitrogens with one attached hydrogen (secondary N) is 2. The molecule has 2 N–H and O–H groups in total. The van der Waals surface area contributed by atoms with E-state index in [1.165, 1.54) is 0 Å². The van der Waals surface area contributed by atoms with Crippen LogP contribution >= 0.6 is 0 Å². The fraction of sp³-hybridized carbons (Fsp3) is 0.250. The highest BCUT2D eigenvalue weighted by atomic mass is 16.5. The number of aryl methyl sites for hydroxylation is 2. The number of fused-ring (bicyclic) bond motifs is 1. The number of hydrogen-bond acceptors (Lipinski definition) is 4. The maximum Gasteiger partial charge on any atom is 0.262 e. The topological polar surface area (TPSA) is 84.5 Å². The Labute approximate surface area is 151 Å². The van der Waals surface area contributed by atoms with E-state index in [-0.39, 0.29) is 37.0 Å². The van der Waals surface area contributed by atoms with Gasteiger partial charge in [-0.05, 0) is 49.2 Å². The van der Waals surface area contributed by atoms with Gasteiger partial charge in [0.15, 0.2) is 12.4 Å². The first-order chi connectivity index (χ1) is 12.4. The van der Waals surface area contributed by atoms with Crippen LogP contribution in [0.15, 0.2) is 36.4 Å². The second-order valence-electron chi connectivity index (χ2n) is 6.34. The molecule has 0 fully saturated rings. The summed E-state index contributed by atoms with van der Waals surface area (Å²) in [5.41, 5.74) is 3.71. The average molecular weight is 352 g/mol. The summed E-state index contributed by atoms with van der Waals surface area (Å²) in [4.78, 5) is 35.9. The van der Waals surface area contributed by atoms with E-state index in [4.69, 9.17) is 4.74 Å². The molecule has 0 aliphatic carbocycles. The van der Waals surface area contributed by atoms with E-state index in [2.05, 4.69) is 10.6 Å². The Morgan fingerprint density at radius 2 is 1.92 bits per heavy atom. The minimum atomic E-state index is -0.255. The van der Waals surface area contributed by atoms with Crippen molar-refractivity contribution in [2.24, 2.45) is 0 Å². The zero-order valence-corrected chi connectivity index (χ0v) is 14.7. The second-order valence-corrected chi connectivity index (χ2v) is 6.34. The van der Waals surface area contributed by atoms with Crippen LogP contribution in [0.2, 0.25) is 0 Å². The monoisotopic (exact) mass is 352 g/mol. The molecule has 0 bridgehead atoms. The Balaban J connectivity index is 1.60. The summed E-state index contributed by atoms with van der Waals surface area (Å²) < 4.78 is 5.27. The van der Waals surface area contributed by atoms with Crippen LogP contribution in [-0.4, -0.2) is 24.2 Å². The van der Waals surface area contributed by atoms with Gasteiger partial charge in [0.25, 0.3) is 5.91 Å². The van der Waals surface area contributed by atoms with Crippen molar-refractivity contribution in [2.75, 3.05) is 17.2 Å². The maximum atomic E-state index is 12.4. The van der Waals surface area contributed by atoms with E-state index >= 15 is 0 Å². The van der Waals surface area contributed by atoms with Crippen molar-refractivity contribution in [1.82, 2.24) is 0 Å². The fourth-order valence-electron chi connectivity index (χ4n) is 2.71. The summed E-state index contributed by atoms with van der Waals surface area (Å²) in [6.07, 6.45) is 0.177. The summed E-state index contributed by atoms with van der Waals surface area (Å²) in [6.45, 7) is 3.85. The molecule has 26 heavy (non-hydrogen) atoms. The van der Waals surface area contributed by atoms with Crippen molar-refractivity contribution in [1.29, 1.82) is 0 Å². The average Bonchev–Trinajstić information content (AvgIpc) is 2.62. The van der Waals surface area contributed by atoms with E-state index in [1.54, 1.807) is 18.2 Å². The van der Waals surface area contributed by atoms with Crippen LogP contribution in [-0.2, 0) is 9.59 Å². The minimum absolute atomic E-state index is 0.0289. The Hall–Kier alpha value is -3.15. The fourth-order valence-corrected chi connectivity index (χ4v) is 2.71. The number of benzene rings is 2. The van der Waals surface area contributed by atoms with Crippen LogP contribution in [0.4, 0.5) is 11.4 Å². The van der Waals surface area contributed by atoms with Crippen molar-refractivity contribution in [3.05, 3.63) is 53.1 Å². The molecule has 0 unspecified atom stereocenters. The lowest BCUT2D eigenvalue weighted by Gasteiger charge is -2.18. The van der Waals surface area contributed by atoms with Crippen LogP contribution in [0.3, 0.4) is 0 Å². The van der Waals surface area contributed by atoms with Crippen molar-refractivity contribution in [3.63, 3.8) is 0 Å². The second kappa shape index (κ2) is 7.39. The van der Waals surface area contributed by atoms with Gasteiger partial charge in [-0.15, -0.1) is 0 Å². The Bertz CT molecular complexity index is 889. The van der Waals surface area contributed by atoms with Gasteiger partial charge in [-0.25, -0.2) is 0 Å². The van der Waals surface area contributed by atoms with Gasteiger partial charge in [0.2, 0.25) is 5.91 Å². The minimum Gasteiger partial charge on any atom is -0.482 e. The van der Waals surface area contributed by atoms with Crippen LogP contribution in [0.1, 0.15) is 34.3 Å². The molecular formula is C20H20N2O4. The van der Waals surface area contributed by atoms with E-state index in [1.807, 2.05) is 32.0 Å². The predicted octanol–water partition coefficient (Wildman–Crippen LogP) is 3.24. The van der Waals surface area contributed by atoms with Gasteiger partial charge in [-0.1, -0.05) is 12.1 Å². The largest absolute Gasteiger partial charge is 0.482 e. The summed E-state index contributed by atoms with van der Waals surface area (Å²) in [5, 5.41) is 5.51. The highest BCUT2D eigenvalue weighted by Crippen LogP contribution is 2.29. The predicted molar refractivity (Wildman–Crippen MR) is 98.7 cm³/mol. The maximum absolute atomic E-state index is 12.4. The molecule has 0 saturated carbocycles. The molecule has 1 aliphatic rings. The zero-order valence-electron chi connectivity index (χ0n) is 14.7. The molecule has 2 aromatic rings. The number of amides is 2. The first kappa shape index (κ1) is 17.7. The van der Waals surface area contributed by atoms with E-state index in [0.717, 1.165) is 16.8 Å². The SMILES string of the molecule is Cc1ccc(C)c(NC(=O)CCC(=O)c2ccc3c(c2)NC(=O)CO3)c1. The number of Topliss-reactive ketones (excluding diaryl/α,β-unsaturated/α-hetero) is 1. The smallest absolute Gasteiger partial charge is 0.262 e. The molecule has 0 spiro atoms. The van der Waals surface area contributed by atoms with Gasteiger partial charge in [-0.2, -0.15) is 0 Å². The summed E-state index contributed by atoms with van der Waals surface area (Å²) in [7, 11) is 0. The zero-order chi connectivity index (χ0) is 18.7. The first-order valence-electron chi connectivity index (χ1n) is 8.39. The number of ketones is 1.